The Morgan fingerprint density at radius 2 is 1.38 bits per heavy atom. The molecule has 0 fully saturated rings. The Morgan fingerprint density at radius 3 is 2.08 bits per heavy atom. The molecule has 0 bridgehead atoms. The van der Waals surface area contributed by atoms with Crippen LogP contribution in [-0.2, 0) is 5.41 Å². The first-order valence-corrected chi connectivity index (χ1v) is 17.3. The molecule has 242 valence electrons. The van der Waals surface area contributed by atoms with Gasteiger partial charge in [0.1, 0.15) is 0 Å². The zero-order valence-electron chi connectivity index (χ0n) is 27.7. The number of benzene rings is 5. The van der Waals surface area contributed by atoms with E-state index < -0.39 is 5.41 Å². The van der Waals surface area contributed by atoms with Crippen molar-refractivity contribution in [1.82, 2.24) is 0 Å². The van der Waals surface area contributed by atoms with Gasteiger partial charge >= 0.3 is 0 Å². The summed E-state index contributed by atoms with van der Waals surface area (Å²) in [7, 11) is 0. The molecule has 4 aliphatic rings. The van der Waals surface area contributed by atoms with Crippen LogP contribution in [0.2, 0.25) is 0 Å². The molecule has 4 heteroatoms. The van der Waals surface area contributed by atoms with Gasteiger partial charge in [0, 0.05) is 16.8 Å². The maximum Gasteiger partial charge on any atom is 0.178 e. The SMILES string of the molecule is N=C(/C=C(\N)c1ccccc1)C1=CC=C(c2cccc3c2Oc2c(ccc4c2C2=C(C=CCC2)C4(c2ccccc2)c2ccccc2)O3)CC1. The molecule has 9 rings (SSSR count). The summed E-state index contributed by atoms with van der Waals surface area (Å²) in [4.78, 5) is 0. The molecule has 0 saturated heterocycles. The minimum absolute atomic E-state index is 0.437. The molecule has 50 heavy (non-hydrogen) atoms. The van der Waals surface area contributed by atoms with Gasteiger partial charge in [-0.05, 0) is 88.4 Å². The third-order valence-corrected chi connectivity index (χ3v) is 10.5. The average Bonchev–Trinajstić information content (AvgIpc) is 3.49. The van der Waals surface area contributed by atoms with Crippen LogP contribution < -0.4 is 15.2 Å². The standard InChI is InChI=1S/C46H36N2O2/c47-39(31-13-4-1-5-14-31)29-40(48)32-25-23-30(24-26-32)35-20-12-22-41-44(35)50-45-42(49-41)28-27-38-43(45)36-19-10-11-21-37(36)46(38,33-15-6-2-7-16-33)34-17-8-3-9-18-34/h1-9,11-18,20-23,25,27-29,48H,10,19,24,26,47H2/b39-29-,48-40?. The van der Waals surface area contributed by atoms with E-state index in [4.69, 9.17) is 20.6 Å². The zero-order chi connectivity index (χ0) is 33.7. The zero-order valence-corrected chi connectivity index (χ0v) is 27.7. The van der Waals surface area contributed by atoms with E-state index in [9.17, 15) is 0 Å². The quantitative estimate of drug-likeness (QED) is 0.177. The summed E-state index contributed by atoms with van der Waals surface area (Å²) in [5.41, 5.74) is 18.4. The Morgan fingerprint density at radius 1 is 0.680 bits per heavy atom. The van der Waals surface area contributed by atoms with Gasteiger partial charge in [-0.15, -0.1) is 0 Å². The maximum absolute atomic E-state index is 8.76. The van der Waals surface area contributed by atoms with Crippen molar-refractivity contribution >= 4 is 22.6 Å². The molecule has 0 unspecified atom stereocenters. The van der Waals surface area contributed by atoms with Crippen LogP contribution in [0.1, 0.15) is 59.1 Å². The highest BCUT2D eigenvalue weighted by atomic mass is 16.6. The van der Waals surface area contributed by atoms with E-state index in [0.717, 1.165) is 70.8 Å². The van der Waals surface area contributed by atoms with Crippen LogP contribution in [0, 0.1) is 5.41 Å². The molecular formula is C46H36N2O2. The van der Waals surface area contributed by atoms with Crippen molar-refractivity contribution in [2.75, 3.05) is 0 Å². The van der Waals surface area contributed by atoms with Crippen molar-refractivity contribution in [2.24, 2.45) is 5.73 Å². The molecule has 1 aliphatic heterocycles. The summed E-state index contributed by atoms with van der Waals surface area (Å²) >= 11 is 0. The molecule has 0 amide bonds. The number of allylic oxidation sites excluding steroid dienone is 9. The van der Waals surface area contributed by atoms with Gasteiger partial charge in [-0.3, -0.25) is 0 Å². The topological polar surface area (TPSA) is 68.3 Å². The first-order chi connectivity index (χ1) is 24.6. The Kier molecular flexibility index (Phi) is 7.24. The minimum Gasteiger partial charge on any atom is -0.449 e. The van der Waals surface area contributed by atoms with Gasteiger partial charge in [0.15, 0.2) is 23.0 Å². The molecule has 3 N–H and O–H groups in total. The highest BCUT2D eigenvalue weighted by Gasteiger charge is 2.49. The molecule has 4 nitrogen and oxygen atoms in total. The molecular weight excluding hydrogens is 613 g/mol. The van der Waals surface area contributed by atoms with Crippen molar-refractivity contribution in [2.45, 2.75) is 31.1 Å². The van der Waals surface area contributed by atoms with E-state index in [0.29, 0.717) is 17.2 Å². The summed E-state index contributed by atoms with van der Waals surface area (Å²) in [6, 6.07) is 42.0. The van der Waals surface area contributed by atoms with E-state index >= 15 is 0 Å². The number of para-hydroxylation sites is 1. The third-order valence-electron chi connectivity index (χ3n) is 10.5. The van der Waals surface area contributed by atoms with Crippen molar-refractivity contribution < 1.29 is 9.47 Å². The lowest BCUT2D eigenvalue weighted by molar-refractivity contribution is 0.357. The van der Waals surface area contributed by atoms with Gasteiger partial charge in [0.2, 0.25) is 0 Å². The number of ether oxygens (including phenoxy) is 2. The molecule has 0 saturated carbocycles. The number of hydrogen-bond donors (Lipinski definition) is 2. The van der Waals surface area contributed by atoms with E-state index in [1.807, 2.05) is 48.5 Å². The fourth-order valence-corrected chi connectivity index (χ4v) is 8.17. The van der Waals surface area contributed by atoms with Crippen LogP contribution in [0.3, 0.4) is 0 Å². The predicted molar refractivity (Wildman–Crippen MR) is 203 cm³/mol. The smallest absolute Gasteiger partial charge is 0.178 e. The van der Waals surface area contributed by atoms with Crippen LogP contribution in [-0.4, -0.2) is 5.71 Å². The van der Waals surface area contributed by atoms with Gasteiger partial charge in [-0.1, -0.05) is 133 Å². The van der Waals surface area contributed by atoms with Gasteiger partial charge in [-0.2, -0.15) is 0 Å². The summed E-state index contributed by atoms with van der Waals surface area (Å²) < 4.78 is 13.8. The Bertz CT molecular complexity index is 2290. The summed E-state index contributed by atoms with van der Waals surface area (Å²) in [5, 5.41) is 8.76. The predicted octanol–water partition coefficient (Wildman–Crippen LogP) is 11.2. The van der Waals surface area contributed by atoms with Crippen LogP contribution in [0.5, 0.6) is 23.0 Å². The molecule has 3 aliphatic carbocycles. The van der Waals surface area contributed by atoms with Crippen molar-refractivity contribution in [3.63, 3.8) is 0 Å². The largest absolute Gasteiger partial charge is 0.449 e. The Balaban J connectivity index is 1.13. The second kappa shape index (κ2) is 12.1. The fourth-order valence-electron chi connectivity index (χ4n) is 8.17. The van der Waals surface area contributed by atoms with Crippen LogP contribution in [0.4, 0.5) is 0 Å². The molecule has 5 aromatic carbocycles. The number of nitrogens with two attached hydrogens (primary N) is 1. The molecule has 0 aromatic heterocycles. The van der Waals surface area contributed by atoms with Crippen molar-refractivity contribution in [3.8, 4) is 23.0 Å². The average molecular weight is 649 g/mol. The maximum atomic E-state index is 8.76. The summed E-state index contributed by atoms with van der Waals surface area (Å²) in [6.07, 6.45) is 14.0. The molecule has 0 atom stereocenters. The van der Waals surface area contributed by atoms with Crippen molar-refractivity contribution in [3.05, 3.63) is 196 Å². The Labute approximate surface area is 292 Å². The molecule has 1 heterocycles. The van der Waals surface area contributed by atoms with E-state index in [1.165, 1.54) is 27.8 Å². The first-order valence-electron chi connectivity index (χ1n) is 17.3. The van der Waals surface area contributed by atoms with Crippen molar-refractivity contribution in [1.29, 1.82) is 5.41 Å². The van der Waals surface area contributed by atoms with Crippen LogP contribution in [0.25, 0.3) is 16.8 Å². The fraction of sp³-hybridized carbons (Fsp3) is 0.109. The normalized spacial score (nSPS) is 16.9. The number of hydrogen-bond acceptors (Lipinski definition) is 4. The van der Waals surface area contributed by atoms with Crippen LogP contribution >= 0.6 is 0 Å². The van der Waals surface area contributed by atoms with Gasteiger partial charge in [0.25, 0.3) is 0 Å². The van der Waals surface area contributed by atoms with Gasteiger partial charge in [0.05, 0.1) is 11.1 Å². The van der Waals surface area contributed by atoms with Gasteiger partial charge < -0.3 is 20.6 Å². The number of fused-ring (bicyclic) bond motifs is 5. The first kappa shape index (κ1) is 30.0. The molecule has 0 spiro atoms. The third kappa shape index (κ3) is 4.71. The number of rotatable bonds is 6. The second-order valence-corrected chi connectivity index (χ2v) is 13.2. The molecule has 0 radical (unpaired) electrons. The summed E-state index contributed by atoms with van der Waals surface area (Å²) in [6.45, 7) is 0. The van der Waals surface area contributed by atoms with E-state index in [2.05, 4.69) is 97.1 Å². The summed E-state index contributed by atoms with van der Waals surface area (Å²) in [5.74, 6) is 2.98. The minimum atomic E-state index is -0.474. The second-order valence-electron chi connectivity index (χ2n) is 13.2. The van der Waals surface area contributed by atoms with Gasteiger partial charge in [-0.25, -0.2) is 0 Å². The monoisotopic (exact) mass is 648 g/mol. The van der Waals surface area contributed by atoms with E-state index in [1.54, 1.807) is 6.08 Å². The lowest BCUT2D eigenvalue weighted by Crippen LogP contribution is -2.29. The lowest BCUT2D eigenvalue weighted by atomic mass is 9.66. The highest BCUT2D eigenvalue weighted by molar-refractivity contribution is 6.10. The lowest BCUT2D eigenvalue weighted by Gasteiger charge is -2.35. The molecule has 5 aromatic rings. The number of nitrogens with one attached hydrogen (secondary N) is 1. The Hall–Kier alpha value is -6.13. The van der Waals surface area contributed by atoms with Crippen LogP contribution in [0.15, 0.2) is 163 Å². The highest BCUT2D eigenvalue weighted by Crippen LogP contribution is 2.62. The van der Waals surface area contributed by atoms with E-state index in [-0.39, 0.29) is 0 Å².